The molecule has 0 saturated carbocycles. The van der Waals surface area contributed by atoms with Crippen molar-refractivity contribution in [3.63, 3.8) is 0 Å². The molecule has 0 atom stereocenters. The predicted molar refractivity (Wildman–Crippen MR) is 125 cm³/mol. The number of amides is 1. The lowest BCUT2D eigenvalue weighted by atomic mass is 10.1. The molecule has 3 aromatic heterocycles. The van der Waals surface area contributed by atoms with Crippen LogP contribution in [0.25, 0.3) is 11.0 Å². The number of carbonyl (C=O) groups excluding carboxylic acids is 1. The number of nitrogens with zero attached hydrogens (tertiary/aromatic N) is 5. The lowest BCUT2D eigenvalue weighted by molar-refractivity contribution is -0.116. The number of anilines is 1. The van der Waals surface area contributed by atoms with Gasteiger partial charge in [0.05, 0.1) is 5.52 Å². The smallest absolute Gasteiger partial charge is 0.299 e. The number of pyridine rings is 1. The molecule has 0 radical (unpaired) electrons. The van der Waals surface area contributed by atoms with E-state index in [4.69, 9.17) is 0 Å². The molecular formula is C21H20N6O3S2. The molecule has 0 aliphatic heterocycles. The molecule has 0 unspecified atom stereocenters. The maximum atomic E-state index is 13.2. The number of hydrogen-bond acceptors (Lipinski definition) is 8. The molecule has 164 valence electrons. The number of nitrogens with one attached hydrogen (secondary N) is 1. The van der Waals surface area contributed by atoms with Crippen LogP contribution < -0.4 is 16.6 Å². The van der Waals surface area contributed by atoms with E-state index in [1.807, 2.05) is 37.3 Å². The van der Waals surface area contributed by atoms with Gasteiger partial charge in [0, 0.05) is 12.7 Å². The summed E-state index contributed by atoms with van der Waals surface area (Å²) in [6.45, 7) is 1.91. The number of benzene rings is 1. The van der Waals surface area contributed by atoms with Gasteiger partial charge in [-0.05, 0) is 29.9 Å². The van der Waals surface area contributed by atoms with E-state index in [0.717, 1.165) is 20.2 Å². The topological polar surface area (TPSA) is 112 Å². The molecular weight excluding hydrogens is 448 g/mol. The van der Waals surface area contributed by atoms with Crippen molar-refractivity contribution in [1.29, 1.82) is 0 Å². The molecule has 0 aliphatic carbocycles. The number of aromatic nitrogens is 5. The van der Waals surface area contributed by atoms with Gasteiger partial charge >= 0.3 is 5.69 Å². The van der Waals surface area contributed by atoms with E-state index in [1.54, 1.807) is 12.1 Å². The molecule has 0 spiro atoms. The van der Waals surface area contributed by atoms with E-state index < -0.39 is 17.2 Å². The molecule has 4 aromatic rings. The molecule has 0 fully saturated rings. The Bertz CT molecular complexity index is 1360. The Balaban J connectivity index is 1.64. The van der Waals surface area contributed by atoms with Gasteiger partial charge in [0.25, 0.3) is 5.56 Å². The van der Waals surface area contributed by atoms with Gasteiger partial charge in [-0.2, -0.15) is 0 Å². The summed E-state index contributed by atoms with van der Waals surface area (Å²) >= 11 is 2.80. The summed E-state index contributed by atoms with van der Waals surface area (Å²) in [5, 5.41) is 11.0. The number of fused-ring (bicyclic) bond motifs is 1. The maximum absolute atomic E-state index is 13.2. The third-order valence-electron chi connectivity index (χ3n) is 4.68. The molecule has 1 amide bonds. The first-order chi connectivity index (χ1) is 15.6. The number of carbonyl (C=O) groups is 1. The van der Waals surface area contributed by atoms with E-state index in [2.05, 4.69) is 20.5 Å². The Labute approximate surface area is 191 Å². The normalized spacial score (nSPS) is 11.0. The molecule has 11 heteroatoms. The number of thioether (sulfide) groups is 1. The van der Waals surface area contributed by atoms with Crippen LogP contribution in [0.1, 0.15) is 12.5 Å². The standard InChI is InChI=1S/C21H20N6O3S2/c1-2-31-20-25-24-19(32-20)23-16(28)13-27-15-9-6-11-22-17(15)18(29)26(21(27)30)12-10-14-7-4-3-5-8-14/h3-9,11H,2,10,12-13H2,1H3,(H,23,24,28). The van der Waals surface area contributed by atoms with Gasteiger partial charge in [0.15, 0.2) is 9.86 Å². The zero-order valence-corrected chi connectivity index (χ0v) is 18.9. The molecule has 0 aliphatic rings. The largest absolute Gasteiger partial charge is 0.332 e. The predicted octanol–water partition coefficient (Wildman–Crippen LogP) is 2.40. The minimum Gasteiger partial charge on any atom is -0.299 e. The van der Waals surface area contributed by atoms with E-state index in [1.165, 1.54) is 33.9 Å². The highest BCUT2D eigenvalue weighted by Crippen LogP contribution is 2.24. The number of aryl methyl sites for hydroxylation is 1. The van der Waals surface area contributed by atoms with Gasteiger partial charge in [-0.3, -0.25) is 24.0 Å². The van der Waals surface area contributed by atoms with Gasteiger partial charge in [-0.25, -0.2) is 9.78 Å². The van der Waals surface area contributed by atoms with Crippen molar-refractivity contribution in [2.75, 3.05) is 11.1 Å². The summed E-state index contributed by atoms with van der Waals surface area (Å²) in [4.78, 5) is 43.0. The fraction of sp³-hybridized carbons (Fsp3) is 0.238. The van der Waals surface area contributed by atoms with Crippen molar-refractivity contribution in [2.24, 2.45) is 0 Å². The Hall–Kier alpha value is -3.31. The highest BCUT2D eigenvalue weighted by molar-refractivity contribution is 8.01. The van der Waals surface area contributed by atoms with Crippen molar-refractivity contribution < 1.29 is 4.79 Å². The maximum Gasteiger partial charge on any atom is 0.332 e. The molecule has 0 bridgehead atoms. The molecule has 1 aromatic carbocycles. The van der Waals surface area contributed by atoms with Crippen molar-refractivity contribution in [2.45, 2.75) is 30.8 Å². The monoisotopic (exact) mass is 468 g/mol. The minimum absolute atomic E-state index is 0.144. The Morgan fingerprint density at radius 2 is 1.91 bits per heavy atom. The minimum atomic E-state index is -0.555. The lowest BCUT2D eigenvalue weighted by Gasteiger charge is -2.13. The SMILES string of the molecule is CCSc1nnc(NC(=O)Cn2c(=O)n(CCc3ccccc3)c(=O)c3ncccc32)s1. The van der Waals surface area contributed by atoms with Gasteiger partial charge in [-0.1, -0.05) is 60.4 Å². The van der Waals surface area contributed by atoms with Crippen LogP contribution in [0.15, 0.2) is 62.6 Å². The van der Waals surface area contributed by atoms with E-state index >= 15 is 0 Å². The molecule has 1 N–H and O–H groups in total. The summed E-state index contributed by atoms with van der Waals surface area (Å²) in [6, 6.07) is 12.8. The zero-order chi connectivity index (χ0) is 22.5. The van der Waals surface area contributed by atoms with Gasteiger partial charge in [0.1, 0.15) is 6.54 Å². The van der Waals surface area contributed by atoms with Gasteiger partial charge < -0.3 is 0 Å². The highest BCUT2D eigenvalue weighted by Gasteiger charge is 2.17. The lowest BCUT2D eigenvalue weighted by Crippen LogP contribution is -2.42. The quantitative estimate of drug-likeness (QED) is 0.312. The first-order valence-corrected chi connectivity index (χ1v) is 11.8. The summed E-state index contributed by atoms with van der Waals surface area (Å²) in [5.74, 6) is 0.413. The fourth-order valence-corrected chi connectivity index (χ4v) is 4.89. The van der Waals surface area contributed by atoms with Gasteiger partial charge in [-0.15, -0.1) is 10.2 Å². The van der Waals surface area contributed by atoms with Crippen LogP contribution in [-0.2, 0) is 24.3 Å². The molecule has 0 saturated heterocycles. The van der Waals surface area contributed by atoms with Crippen LogP contribution in [0, 0.1) is 0 Å². The van der Waals surface area contributed by atoms with Crippen molar-refractivity contribution in [3.05, 3.63) is 75.1 Å². The van der Waals surface area contributed by atoms with E-state index in [-0.39, 0.29) is 18.6 Å². The first kappa shape index (κ1) is 21.9. The van der Waals surface area contributed by atoms with Crippen LogP contribution in [0.3, 0.4) is 0 Å². The zero-order valence-electron chi connectivity index (χ0n) is 17.2. The molecule has 4 rings (SSSR count). The highest BCUT2D eigenvalue weighted by atomic mass is 32.2. The fourth-order valence-electron chi connectivity index (χ4n) is 3.22. The number of rotatable bonds is 8. The van der Waals surface area contributed by atoms with E-state index in [0.29, 0.717) is 17.1 Å². The molecule has 32 heavy (non-hydrogen) atoms. The third-order valence-corrected chi connectivity index (χ3v) is 6.53. The van der Waals surface area contributed by atoms with E-state index in [9.17, 15) is 14.4 Å². The van der Waals surface area contributed by atoms with Gasteiger partial charge in [0.2, 0.25) is 11.0 Å². The molecule has 3 heterocycles. The Kier molecular flexibility index (Phi) is 6.76. The number of hydrogen-bond donors (Lipinski definition) is 1. The second-order valence-electron chi connectivity index (χ2n) is 6.79. The summed E-state index contributed by atoms with van der Waals surface area (Å²) in [7, 11) is 0. The van der Waals surface area contributed by atoms with Crippen LogP contribution in [0.4, 0.5) is 5.13 Å². The summed E-state index contributed by atoms with van der Waals surface area (Å²) < 4.78 is 3.16. The van der Waals surface area contributed by atoms with Crippen LogP contribution >= 0.6 is 23.1 Å². The third kappa shape index (κ3) is 4.78. The van der Waals surface area contributed by atoms with Crippen molar-refractivity contribution >= 4 is 45.2 Å². The van der Waals surface area contributed by atoms with Crippen molar-refractivity contribution in [3.8, 4) is 0 Å². The molecule has 9 nitrogen and oxygen atoms in total. The second-order valence-corrected chi connectivity index (χ2v) is 9.28. The first-order valence-electron chi connectivity index (χ1n) is 9.95. The Morgan fingerprint density at radius 1 is 1.09 bits per heavy atom. The van der Waals surface area contributed by atoms with Crippen LogP contribution in [0.2, 0.25) is 0 Å². The second kappa shape index (κ2) is 9.88. The Morgan fingerprint density at radius 3 is 2.69 bits per heavy atom. The average Bonchev–Trinajstić information content (AvgIpc) is 3.24. The van der Waals surface area contributed by atoms with Crippen molar-refractivity contribution in [1.82, 2.24) is 24.3 Å². The summed E-state index contributed by atoms with van der Waals surface area (Å²) in [5.41, 5.74) is 0.435. The van der Waals surface area contributed by atoms with Crippen LogP contribution in [0.5, 0.6) is 0 Å². The average molecular weight is 469 g/mol. The van der Waals surface area contributed by atoms with Crippen LogP contribution in [-0.4, -0.2) is 36.0 Å². The summed E-state index contributed by atoms with van der Waals surface area (Å²) in [6.07, 6.45) is 2.00.